The monoisotopic (exact) mass is 389 g/mol. The van der Waals surface area contributed by atoms with Crippen LogP contribution in [0.5, 0.6) is 0 Å². The van der Waals surface area contributed by atoms with Gasteiger partial charge in [-0.2, -0.15) is 0 Å². The zero-order valence-corrected chi connectivity index (χ0v) is 14.1. The number of nitrogens with one attached hydrogen (secondary N) is 1. The van der Waals surface area contributed by atoms with Gasteiger partial charge in [-0.15, -0.1) is 0 Å². The molecule has 1 aromatic carbocycles. The van der Waals surface area contributed by atoms with Gasteiger partial charge in [-0.25, -0.2) is 4.39 Å². The van der Waals surface area contributed by atoms with Crippen LogP contribution in [0.15, 0.2) is 57.8 Å². The lowest BCUT2D eigenvalue weighted by molar-refractivity contribution is 0.0945. The Morgan fingerprint density at radius 2 is 2.17 bits per heavy atom. The second kappa shape index (κ2) is 7.35. The van der Waals surface area contributed by atoms with Crippen LogP contribution in [0.25, 0.3) is 11.3 Å². The van der Waals surface area contributed by atoms with Crippen molar-refractivity contribution in [2.45, 2.75) is 6.42 Å². The van der Waals surface area contributed by atoms with Crippen molar-refractivity contribution in [3.63, 3.8) is 0 Å². The molecular formula is C17H13BrFN3O2. The molecule has 0 radical (unpaired) electrons. The predicted octanol–water partition coefficient (Wildman–Crippen LogP) is 3.61. The number of hydrogen-bond donors (Lipinski definition) is 1. The molecule has 1 N–H and O–H groups in total. The third-order valence-electron chi connectivity index (χ3n) is 3.37. The molecule has 0 atom stereocenters. The van der Waals surface area contributed by atoms with Crippen molar-refractivity contribution in [2.75, 3.05) is 6.54 Å². The Labute approximate surface area is 146 Å². The maximum atomic E-state index is 13.2. The third-order valence-corrected chi connectivity index (χ3v) is 3.98. The van der Waals surface area contributed by atoms with Crippen LogP contribution in [-0.4, -0.2) is 22.6 Å². The van der Waals surface area contributed by atoms with Gasteiger partial charge in [-0.1, -0.05) is 11.2 Å². The van der Waals surface area contributed by atoms with E-state index in [2.05, 4.69) is 31.4 Å². The van der Waals surface area contributed by atoms with E-state index >= 15 is 0 Å². The molecule has 0 spiro atoms. The molecule has 24 heavy (non-hydrogen) atoms. The highest BCUT2D eigenvalue weighted by Crippen LogP contribution is 2.19. The molecule has 0 fully saturated rings. The minimum Gasteiger partial charge on any atom is -0.355 e. The van der Waals surface area contributed by atoms with E-state index in [1.165, 1.54) is 6.07 Å². The summed E-state index contributed by atoms with van der Waals surface area (Å²) >= 11 is 3.14. The van der Waals surface area contributed by atoms with Gasteiger partial charge >= 0.3 is 0 Å². The van der Waals surface area contributed by atoms with E-state index in [1.54, 1.807) is 36.7 Å². The molecule has 0 saturated heterocycles. The van der Waals surface area contributed by atoms with Gasteiger partial charge in [0.15, 0.2) is 11.5 Å². The van der Waals surface area contributed by atoms with Crippen LogP contribution in [0.3, 0.4) is 0 Å². The van der Waals surface area contributed by atoms with Crippen LogP contribution in [0.4, 0.5) is 4.39 Å². The Bertz CT molecular complexity index is 852. The molecule has 1 amide bonds. The lowest BCUT2D eigenvalue weighted by Crippen LogP contribution is -2.25. The number of halogens is 2. The summed E-state index contributed by atoms with van der Waals surface area (Å²) in [6, 6.07) is 9.93. The van der Waals surface area contributed by atoms with Gasteiger partial charge in [0.25, 0.3) is 5.91 Å². The molecule has 0 aliphatic heterocycles. The smallest absolute Gasteiger partial charge is 0.273 e. The average Bonchev–Trinajstić information content (AvgIpc) is 3.09. The second-order valence-electron chi connectivity index (χ2n) is 5.07. The van der Waals surface area contributed by atoms with Gasteiger partial charge in [-0.3, -0.25) is 9.78 Å². The summed E-state index contributed by atoms with van der Waals surface area (Å²) in [6.45, 7) is 0.409. The van der Waals surface area contributed by atoms with Crippen molar-refractivity contribution in [2.24, 2.45) is 0 Å². The summed E-state index contributed by atoms with van der Waals surface area (Å²) in [5.74, 6) is -0.154. The summed E-state index contributed by atoms with van der Waals surface area (Å²) in [5.41, 5.74) is 1.87. The quantitative estimate of drug-likeness (QED) is 0.723. The molecule has 0 bridgehead atoms. The molecule has 0 aliphatic rings. The Balaban J connectivity index is 1.57. The number of carbonyl (C=O) groups is 1. The summed E-state index contributed by atoms with van der Waals surface area (Å²) in [4.78, 5) is 16.1. The van der Waals surface area contributed by atoms with E-state index < -0.39 is 0 Å². The van der Waals surface area contributed by atoms with E-state index in [0.29, 0.717) is 23.2 Å². The van der Waals surface area contributed by atoms with Crippen molar-refractivity contribution in [1.29, 1.82) is 0 Å². The average molecular weight is 390 g/mol. The fourth-order valence-electron chi connectivity index (χ4n) is 2.13. The largest absolute Gasteiger partial charge is 0.355 e. The first-order valence-corrected chi connectivity index (χ1v) is 8.02. The lowest BCUT2D eigenvalue weighted by atomic mass is 10.1. The maximum absolute atomic E-state index is 13.2. The summed E-state index contributed by atoms with van der Waals surface area (Å²) in [7, 11) is 0. The number of carbonyl (C=O) groups excluding carboxylic acids is 1. The van der Waals surface area contributed by atoms with Crippen LogP contribution in [-0.2, 0) is 6.42 Å². The highest BCUT2D eigenvalue weighted by Gasteiger charge is 2.13. The van der Waals surface area contributed by atoms with E-state index in [9.17, 15) is 9.18 Å². The van der Waals surface area contributed by atoms with Crippen molar-refractivity contribution < 1.29 is 13.7 Å². The van der Waals surface area contributed by atoms with Crippen LogP contribution in [0.2, 0.25) is 0 Å². The normalized spacial score (nSPS) is 10.6. The van der Waals surface area contributed by atoms with Gasteiger partial charge in [-0.05, 0) is 52.2 Å². The van der Waals surface area contributed by atoms with Crippen molar-refractivity contribution in [3.8, 4) is 11.3 Å². The van der Waals surface area contributed by atoms with Gasteiger partial charge in [0, 0.05) is 30.6 Å². The Morgan fingerprint density at radius 1 is 1.29 bits per heavy atom. The molecule has 0 saturated carbocycles. The molecule has 0 aliphatic carbocycles. The molecule has 3 rings (SSSR count). The van der Waals surface area contributed by atoms with Crippen LogP contribution in [0.1, 0.15) is 16.1 Å². The predicted molar refractivity (Wildman–Crippen MR) is 89.9 cm³/mol. The molecule has 2 aromatic heterocycles. The first-order valence-electron chi connectivity index (χ1n) is 7.23. The Hall–Kier alpha value is -2.54. The van der Waals surface area contributed by atoms with Crippen molar-refractivity contribution in [3.05, 3.63) is 70.3 Å². The topological polar surface area (TPSA) is 68.0 Å². The number of nitrogens with zero attached hydrogens (tertiary/aromatic N) is 2. The van der Waals surface area contributed by atoms with Crippen molar-refractivity contribution >= 4 is 21.8 Å². The van der Waals surface area contributed by atoms with Gasteiger partial charge < -0.3 is 9.84 Å². The molecular weight excluding hydrogens is 377 g/mol. The number of rotatable bonds is 5. The van der Waals surface area contributed by atoms with Crippen LogP contribution >= 0.6 is 15.9 Å². The second-order valence-corrected chi connectivity index (χ2v) is 5.93. The number of hydrogen-bond acceptors (Lipinski definition) is 4. The molecule has 0 unspecified atom stereocenters. The third kappa shape index (κ3) is 3.86. The lowest BCUT2D eigenvalue weighted by Gasteiger charge is -2.04. The maximum Gasteiger partial charge on any atom is 0.273 e. The number of benzene rings is 1. The number of aromatic nitrogens is 2. The van der Waals surface area contributed by atoms with Gasteiger partial charge in [0.05, 0.1) is 4.47 Å². The number of pyridine rings is 1. The minimum atomic E-state index is -0.324. The minimum absolute atomic E-state index is 0.203. The molecule has 2 heterocycles. The van der Waals surface area contributed by atoms with E-state index in [0.717, 1.165) is 11.1 Å². The summed E-state index contributed by atoms with van der Waals surface area (Å²) < 4.78 is 18.7. The molecule has 7 heteroatoms. The molecule has 122 valence electrons. The standard InChI is InChI=1S/C17H13BrFN3O2/c18-13-8-11(3-4-14(13)19)5-7-21-17(23)15-9-16(24-22-15)12-2-1-6-20-10-12/h1-4,6,8-10H,5,7H2,(H,21,23). The van der Waals surface area contributed by atoms with E-state index in [1.807, 2.05) is 6.07 Å². The van der Waals surface area contributed by atoms with Gasteiger partial charge in [0.2, 0.25) is 0 Å². The van der Waals surface area contributed by atoms with Crippen LogP contribution in [0, 0.1) is 5.82 Å². The number of amides is 1. The summed E-state index contributed by atoms with van der Waals surface area (Å²) in [6.07, 6.45) is 3.87. The molecule has 3 aromatic rings. The van der Waals surface area contributed by atoms with Crippen molar-refractivity contribution in [1.82, 2.24) is 15.5 Å². The Morgan fingerprint density at radius 3 is 2.92 bits per heavy atom. The first-order chi connectivity index (χ1) is 11.6. The van der Waals surface area contributed by atoms with Gasteiger partial charge in [0.1, 0.15) is 5.82 Å². The fraction of sp³-hybridized carbons (Fsp3) is 0.118. The summed E-state index contributed by atoms with van der Waals surface area (Å²) in [5, 5.41) is 6.53. The zero-order valence-electron chi connectivity index (χ0n) is 12.5. The van der Waals surface area contributed by atoms with E-state index in [-0.39, 0.29) is 17.4 Å². The Kier molecular flexibility index (Phi) is 5.00. The van der Waals surface area contributed by atoms with Crippen LogP contribution < -0.4 is 5.32 Å². The zero-order chi connectivity index (χ0) is 16.9. The SMILES string of the molecule is O=C(NCCc1ccc(F)c(Br)c1)c1cc(-c2cccnc2)on1. The molecule has 5 nitrogen and oxygen atoms in total. The van der Waals surface area contributed by atoms with E-state index in [4.69, 9.17) is 4.52 Å². The first kappa shape index (κ1) is 16.3. The highest BCUT2D eigenvalue weighted by molar-refractivity contribution is 9.10. The highest BCUT2D eigenvalue weighted by atomic mass is 79.9. The fourth-order valence-corrected chi connectivity index (χ4v) is 2.56.